The molecule has 0 fully saturated rings. The topological polar surface area (TPSA) is 98.3 Å². The number of aliphatic hydroxyl groups is 1. The van der Waals surface area contributed by atoms with Gasteiger partial charge in [-0.3, -0.25) is 0 Å². The predicted molar refractivity (Wildman–Crippen MR) is 103 cm³/mol. The number of benzene rings is 2. The van der Waals surface area contributed by atoms with Crippen molar-refractivity contribution in [1.82, 2.24) is 0 Å². The summed E-state index contributed by atoms with van der Waals surface area (Å²) < 4.78 is 0. The summed E-state index contributed by atoms with van der Waals surface area (Å²) in [6.07, 6.45) is 4.46. The minimum atomic E-state index is 0.0885. The van der Waals surface area contributed by atoms with Crippen LogP contribution in [0.5, 0.6) is 0 Å². The Kier molecular flexibility index (Phi) is 9.44. The molecule has 0 aliphatic heterocycles. The van der Waals surface area contributed by atoms with Gasteiger partial charge in [-0.25, -0.2) is 0 Å². The molecular formula is C19H27N3O. The van der Waals surface area contributed by atoms with Crippen LogP contribution in [0.1, 0.15) is 20.8 Å². The summed E-state index contributed by atoms with van der Waals surface area (Å²) in [6.45, 7) is 9.14. The quantitative estimate of drug-likeness (QED) is 0.372. The summed E-state index contributed by atoms with van der Waals surface area (Å²) in [6, 6.07) is 11.5. The third-order valence-corrected chi connectivity index (χ3v) is 2.85. The van der Waals surface area contributed by atoms with Crippen molar-refractivity contribution in [2.75, 3.05) is 11.5 Å². The van der Waals surface area contributed by atoms with Crippen LogP contribution in [0, 0.1) is 0 Å². The van der Waals surface area contributed by atoms with E-state index in [1.807, 2.05) is 50.2 Å². The van der Waals surface area contributed by atoms with E-state index in [4.69, 9.17) is 22.3 Å². The largest absolute Gasteiger partial charge is 0.508 e. The Morgan fingerprint density at radius 1 is 1.00 bits per heavy atom. The lowest BCUT2D eigenvalue weighted by molar-refractivity contribution is 0.432. The molecule has 2 aromatic carbocycles. The Hall–Kier alpha value is -2.88. The molecule has 0 aliphatic carbocycles. The first-order valence-corrected chi connectivity index (χ1v) is 7.47. The number of aliphatic hydroxyl groups excluding tert-OH is 1. The molecule has 23 heavy (non-hydrogen) atoms. The molecule has 0 bridgehead atoms. The van der Waals surface area contributed by atoms with Gasteiger partial charge in [-0.05, 0) is 25.1 Å². The zero-order chi connectivity index (χ0) is 17.8. The lowest BCUT2D eigenvalue weighted by Gasteiger charge is -2.03. The van der Waals surface area contributed by atoms with E-state index in [1.54, 1.807) is 13.0 Å². The summed E-state index contributed by atoms with van der Waals surface area (Å²) >= 11 is 0. The van der Waals surface area contributed by atoms with Crippen molar-refractivity contribution in [3.05, 3.63) is 72.7 Å². The summed E-state index contributed by atoms with van der Waals surface area (Å²) in [4.78, 5) is 0. The fraction of sp³-hybridized carbons (Fsp3) is 0.158. The molecule has 124 valence electrons. The molecule has 4 heteroatoms. The zero-order valence-electron chi connectivity index (χ0n) is 14.1. The number of fused-ring (bicyclic) bond motifs is 1. The number of nitrogen functional groups attached to an aromatic ring is 2. The molecule has 0 amide bonds. The van der Waals surface area contributed by atoms with Crippen LogP contribution in [0.2, 0.25) is 0 Å². The lowest BCUT2D eigenvalue weighted by atomic mass is 10.1. The van der Waals surface area contributed by atoms with Crippen LogP contribution in [-0.4, -0.2) is 5.11 Å². The maximum Gasteiger partial charge on any atom is 0.117 e. The monoisotopic (exact) mass is 313 g/mol. The second kappa shape index (κ2) is 10.8. The highest BCUT2D eigenvalue weighted by atomic mass is 16.3. The number of hydrogen-bond donors (Lipinski definition) is 4. The summed E-state index contributed by atoms with van der Waals surface area (Å²) in [5, 5.41) is 10.8. The van der Waals surface area contributed by atoms with Crippen molar-refractivity contribution in [2.45, 2.75) is 20.8 Å². The van der Waals surface area contributed by atoms with Crippen molar-refractivity contribution in [2.24, 2.45) is 5.73 Å². The smallest absolute Gasteiger partial charge is 0.117 e. The van der Waals surface area contributed by atoms with Gasteiger partial charge in [0.25, 0.3) is 0 Å². The molecule has 0 aliphatic rings. The Bertz CT molecular complexity index is 648. The highest BCUT2D eigenvalue weighted by Gasteiger charge is 1.98. The van der Waals surface area contributed by atoms with Gasteiger partial charge in [0.1, 0.15) is 5.76 Å². The molecule has 2 rings (SSSR count). The Morgan fingerprint density at radius 2 is 1.43 bits per heavy atom. The summed E-state index contributed by atoms with van der Waals surface area (Å²) in [5.41, 5.74) is 19.0. The molecule has 0 atom stereocenters. The van der Waals surface area contributed by atoms with E-state index in [-0.39, 0.29) is 5.76 Å². The van der Waals surface area contributed by atoms with Gasteiger partial charge in [-0.1, -0.05) is 50.8 Å². The van der Waals surface area contributed by atoms with E-state index < -0.39 is 0 Å². The van der Waals surface area contributed by atoms with Gasteiger partial charge in [0, 0.05) is 33.9 Å². The molecule has 0 aromatic heterocycles. The summed E-state index contributed by atoms with van der Waals surface area (Å²) in [7, 11) is 0. The maximum atomic E-state index is 8.78. The standard InChI is InChI=1S/C10H10N2.C7H11NO.C2H6/c11-9-5-6-10(12)8-4-2-1-3-7(8)9;1-3-6(8)5-7(9)4-2;1-2/h1-6H,11-12H2;3-5,9H,2,8H2,1H3;1-2H3/b;6-3+,7-5+;. The van der Waals surface area contributed by atoms with Gasteiger partial charge >= 0.3 is 0 Å². The lowest BCUT2D eigenvalue weighted by Crippen LogP contribution is -1.92. The van der Waals surface area contributed by atoms with E-state index >= 15 is 0 Å². The highest BCUT2D eigenvalue weighted by molar-refractivity contribution is 6.00. The number of anilines is 2. The van der Waals surface area contributed by atoms with Crippen molar-refractivity contribution < 1.29 is 5.11 Å². The normalized spacial score (nSPS) is 10.9. The number of allylic oxidation sites excluding steroid dienone is 3. The maximum absolute atomic E-state index is 8.78. The molecule has 0 heterocycles. The van der Waals surface area contributed by atoms with E-state index in [2.05, 4.69) is 6.58 Å². The van der Waals surface area contributed by atoms with Gasteiger partial charge < -0.3 is 22.3 Å². The second-order valence-corrected chi connectivity index (χ2v) is 4.35. The molecule has 0 radical (unpaired) electrons. The van der Waals surface area contributed by atoms with Crippen molar-refractivity contribution in [3.63, 3.8) is 0 Å². The Balaban J connectivity index is 0.000000396. The van der Waals surface area contributed by atoms with Crippen LogP contribution in [-0.2, 0) is 0 Å². The van der Waals surface area contributed by atoms with Crippen molar-refractivity contribution in [3.8, 4) is 0 Å². The van der Waals surface area contributed by atoms with Crippen LogP contribution in [0.15, 0.2) is 72.7 Å². The average Bonchev–Trinajstić information content (AvgIpc) is 2.60. The number of rotatable bonds is 2. The fourth-order valence-corrected chi connectivity index (χ4v) is 1.66. The predicted octanol–water partition coefficient (Wildman–Crippen LogP) is 4.51. The van der Waals surface area contributed by atoms with Crippen LogP contribution < -0.4 is 17.2 Å². The van der Waals surface area contributed by atoms with E-state index in [1.165, 1.54) is 12.2 Å². The van der Waals surface area contributed by atoms with Gasteiger partial charge in [0.15, 0.2) is 0 Å². The minimum absolute atomic E-state index is 0.0885. The third-order valence-electron chi connectivity index (χ3n) is 2.85. The third kappa shape index (κ3) is 6.61. The van der Waals surface area contributed by atoms with Crippen LogP contribution in [0.4, 0.5) is 11.4 Å². The first-order valence-electron chi connectivity index (χ1n) is 7.47. The Labute approximate surface area is 138 Å². The van der Waals surface area contributed by atoms with Gasteiger partial charge in [-0.15, -0.1) is 0 Å². The van der Waals surface area contributed by atoms with Gasteiger partial charge in [0.05, 0.1) is 0 Å². The van der Waals surface area contributed by atoms with Crippen molar-refractivity contribution in [1.29, 1.82) is 0 Å². The summed E-state index contributed by atoms with van der Waals surface area (Å²) in [5.74, 6) is 0.0885. The molecular weight excluding hydrogens is 286 g/mol. The van der Waals surface area contributed by atoms with Crippen molar-refractivity contribution >= 4 is 22.1 Å². The minimum Gasteiger partial charge on any atom is -0.508 e. The molecule has 4 nitrogen and oxygen atoms in total. The zero-order valence-corrected chi connectivity index (χ0v) is 14.1. The van der Waals surface area contributed by atoms with E-state index in [9.17, 15) is 0 Å². The molecule has 7 N–H and O–H groups in total. The number of hydrogen-bond acceptors (Lipinski definition) is 4. The second-order valence-electron chi connectivity index (χ2n) is 4.35. The van der Waals surface area contributed by atoms with Crippen LogP contribution in [0.3, 0.4) is 0 Å². The SMILES string of the molecule is C=C/C(O)=C\C(N)=C/C.CC.Nc1ccc(N)c2ccccc12. The van der Waals surface area contributed by atoms with Gasteiger partial charge in [0.2, 0.25) is 0 Å². The molecule has 0 saturated carbocycles. The first kappa shape index (κ1) is 20.1. The molecule has 0 spiro atoms. The number of nitrogens with two attached hydrogens (primary N) is 3. The van der Waals surface area contributed by atoms with E-state index in [0.717, 1.165) is 22.1 Å². The average molecular weight is 313 g/mol. The highest BCUT2D eigenvalue weighted by Crippen LogP contribution is 2.25. The Morgan fingerprint density at radius 3 is 1.78 bits per heavy atom. The van der Waals surface area contributed by atoms with Gasteiger partial charge in [-0.2, -0.15) is 0 Å². The van der Waals surface area contributed by atoms with Crippen LogP contribution >= 0.6 is 0 Å². The molecule has 0 unspecified atom stereocenters. The first-order chi connectivity index (χ1) is 11.0. The molecule has 0 saturated heterocycles. The fourth-order valence-electron chi connectivity index (χ4n) is 1.66. The van der Waals surface area contributed by atoms with E-state index in [0.29, 0.717) is 5.70 Å². The van der Waals surface area contributed by atoms with Crippen LogP contribution in [0.25, 0.3) is 10.8 Å². The molecule has 2 aromatic rings.